The van der Waals surface area contributed by atoms with Crippen molar-refractivity contribution in [1.29, 1.82) is 0 Å². The summed E-state index contributed by atoms with van der Waals surface area (Å²) in [4.78, 5) is 14.9. The standard InChI is InChI=1S/C20H26N4OS/c1-14-7-6-8-15(2)23(14)18(25)13-26-20-22-21-19(16-11-12-16)24(20)17-9-4-3-5-10-17/h3-5,9-10,14-16H,6-8,11-13H2,1-2H3. The van der Waals surface area contributed by atoms with Gasteiger partial charge in [0.2, 0.25) is 5.91 Å². The number of hydrogen-bond acceptors (Lipinski definition) is 4. The van der Waals surface area contributed by atoms with Crippen molar-refractivity contribution in [2.45, 2.75) is 69.1 Å². The largest absolute Gasteiger partial charge is 0.337 e. The second-order valence-electron chi connectivity index (χ2n) is 7.50. The van der Waals surface area contributed by atoms with E-state index in [0.29, 0.717) is 23.8 Å². The maximum atomic E-state index is 12.8. The zero-order chi connectivity index (χ0) is 18.1. The number of carbonyl (C=O) groups is 1. The van der Waals surface area contributed by atoms with Crippen molar-refractivity contribution in [2.24, 2.45) is 0 Å². The van der Waals surface area contributed by atoms with Crippen LogP contribution in [0, 0.1) is 0 Å². The molecule has 0 radical (unpaired) electrons. The van der Waals surface area contributed by atoms with Gasteiger partial charge in [0.1, 0.15) is 5.82 Å². The van der Waals surface area contributed by atoms with Crippen molar-refractivity contribution in [3.05, 3.63) is 36.2 Å². The number of thioether (sulfide) groups is 1. The van der Waals surface area contributed by atoms with Crippen LogP contribution in [0.4, 0.5) is 0 Å². The van der Waals surface area contributed by atoms with E-state index < -0.39 is 0 Å². The highest BCUT2D eigenvalue weighted by Crippen LogP contribution is 2.41. The van der Waals surface area contributed by atoms with Gasteiger partial charge in [-0.1, -0.05) is 30.0 Å². The lowest BCUT2D eigenvalue weighted by Crippen LogP contribution is -2.48. The molecule has 2 aliphatic rings. The summed E-state index contributed by atoms with van der Waals surface area (Å²) in [5.41, 5.74) is 1.08. The molecule has 2 fully saturated rings. The molecule has 1 aromatic heterocycles. The molecule has 1 aromatic carbocycles. The van der Waals surface area contributed by atoms with Crippen LogP contribution in [0.3, 0.4) is 0 Å². The van der Waals surface area contributed by atoms with Crippen LogP contribution >= 0.6 is 11.8 Å². The monoisotopic (exact) mass is 370 g/mol. The number of amides is 1. The quantitative estimate of drug-likeness (QED) is 0.746. The molecule has 4 rings (SSSR count). The highest BCUT2D eigenvalue weighted by Gasteiger charge is 2.32. The second-order valence-corrected chi connectivity index (χ2v) is 8.45. The molecule has 2 aromatic rings. The molecule has 2 unspecified atom stereocenters. The van der Waals surface area contributed by atoms with E-state index in [0.717, 1.165) is 29.5 Å². The molecular formula is C20H26N4OS. The van der Waals surface area contributed by atoms with E-state index in [1.165, 1.54) is 31.0 Å². The molecule has 0 spiro atoms. The van der Waals surface area contributed by atoms with Crippen molar-refractivity contribution >= 4 is 17.7 Å². The maximum Gasteiger partial charge on any atom is 0.233 e. The fourth-order valence-electron chi connectivity index (χ4n) is 3.91. The molecule has 1 saturated carbocycles. The number of benzene rings is 1. The predicted octanol–water partition coefficient (Wildman–Crippen LogP) is 4.03. The number of aromatic nitrogens is 3. The second kappa shape index (κ2) is 7.43. The number of para-hydroxylation sites is 1. The van der Waals surface area contributed by atoms with Gasteiger partial charge in [0.15, 0.2) is 5.16 Å². The number of carbonyl (C=O) groups excluding carboxylic acids is 1. The highest BCUT2D eigenvalue weighted by atomic mass is 32.2. The van der Waals surface area contributed by atoms with Crippen LogP contribution in [0.5, 0.6) is 0 Å². The van der Waals surface area contributed by atoms with E-state index in [1.807, 2.05) is 18.2 Å². The lowest BCUT2D eigenvalue weighted by molar-refractivity contribution is -0.134. The van der Waals surface area contributed by atoms with Gasteiger partial charge in [-0.25, -0.2) is 0 Å². The van der Waals surface area contributed by atoms with Gasteiger partial charge in [-0.2, -0.15) is 0 Å². The third-order valence-corrected chi connectivity index (χ3v) is 6.34. The fourth-order valence-corrected chi connectivity index (χ4v) is 4.74. The summed E-state index contributed by atoms with van der Waals surface area (Å²) in [7, 11) is 0. The van der Waals surface area contributed by atoms with Crippen LogP contribution in [-0.2, 0) is 4.79 Å². The van der Waals surface area contributed by atoms with Crippen LogP contribution in [0.15, 0.2) is 35.5 Å². The summed E-state index contributed by atoms with van der Waals surface area (Å²) in [5.74, 6) is 2.18. The summed E-state index contributed by atoms with van der Waals surface area (Å²) >= 11 is 1.51. The Balaban J connectivity index is 1.53. The summed E-state index contributed by atoms with van der Waals surface area (Å²) < 4.78 is 2.14. The number of hydrogen-bond donors (Lipinski definition) is 0. The van der Waals surface area contributed by atoms with Crippen LogP contribution in [0.1, 0.15) is 57.7 Å². The fraction of sp³-hybridized carbons (Fsp3) is 0.550. The first-order valence-corrected chi connectivity index (χ1v) is 10.6. The van der Waals surface area contributed by atoms with Crippen molar-refractivity contribution in [3.63, 3.8) is 0 Å². The number of likely N-dealkylation sites (tertiary alicyclic amines) is 1. The zero-order valence-electron chi connectivity index (χ0n) is 15.5. The Kier molecular flexibility index (Phi) is 5.02. The molecule has 1 aliphatic carbocycles. The van der Waals surface area contributed by atoms with Crippen LogP contribution in [0.2, 0.25) is 0 Å². The van der Waals surface area contributed by atoms with Crippen LogP contribution < -0.4 is 0 Å². The lowest BCUT2D eigenvalue weighted by atomic mass is 9.98. The van der Waals surface area contributed by atoms with Gasteiger partial charge in [-0.15, -0.1) is 10.2 Å². The minimum absolute atomic E-state index is 0.213. The van der Waals surface area contributed by atoms with Gasteiger partial charge < -0.3 is 4.90 Å². The van der Waals surface area contributed by atoms with E-state index in [1.54, 1.807) is 0 Å². The first-order valence-electron chi connectivity index (χ1n) is 9.60. The molecule has 2 heterocycles. The Hall–Kier alpha value is -1.82. The van der Waals surface area contributed by atoms with Gasteiger partial charge in [-0.3, -0.25) is 9.36 Å². The van der Waals surface area contributed by atoms with E-state index in [2.05, 4.69) is 45.6 Å². The van der Waals surface area contributed by atoms with E-state index in [4.69, 9.17) is 0 Å². The molecule has 1 aliphatic heterocycles. The zero-order valence-corrected chi connectivity index (χ0v) is 16.3. The highest BCUT2D eigenvalue weighted by molar-refractivity contribution is 7.99. The predicted molar refractivity (Wildman–Crippen MR) is 104 cm³/mol. The average molecular weight is 371 g/mol. The van der Waals surface area contributed by atoms with Gasteiger partial charge >= 0.3 is 0 Å². The summed E-state index contributed by atoms with van der Waals surface area (Å²) in [6.45, 7) is 4.33. The van der Waals surface area contributed by atoms with Crippen molar-refractivity contribution < 1.29 is 4.79 Å². The summed E-state index contributed by atoms with van der Waals surface area (Å²) in [6, 6.07) is 10.9. The Morgan fingerprint density at radius 3 is 2.42 bits per heavy atom. The van der Waals surface area contributed by atoms with Crippen molar-refractivity contribution in [1.82, 2.24) is 19.7 Å². The van der Waals surface area contributed by atoms with E-state index in [-0.39, 0.29) is 5.91 Å². The lowest BCUT2D eigenvalue weighted by Gasteiger charge is -2.39. The first kappa shape index (κ1) is 17.6. The summed E-state index contributed by atoms with van der Waals surface area (Å²) in [5, 5.41) is 9.68. The van der Waals surface area contributed by atoms with Crippen LogP contribution in [-0.4, -0.2) is 43.4 Å². The van der Waals surface area contributed by atoms with Gasteiger partial charge in [0, 0.05) is 23.7 Å². The first-order chi connectivity index (χ1) is 12.6. The normalized spacial score (nSPS) is 23.2. The Bertz CT molecular complexity index is 761. The van der Waals surface area contributed by atoms with Crippen molar-refractivity contribution in [3.8, 4) is 5.69 Å². The molecule has 2 atom stereocenters. The Morgan fingerprint density at radius 1 is 1.08 bits per heavy atom. The van der Waals surface area contributed by atoms with Crippen LogP contribution in [0.25, 0.3) is 5.69 Å². The molecule has 0 N–H and O–H groups in total. The SMILES string of the molecule is CC1CCCC(C)N1C(=O)CSc1nnc(C2CC2)n1-c1ccccc1. The van der Waals surface area contributed by atoms with Gasteiger partial charge in [0.05, 0.1) is 5.75 Å². The molecule has 5 nitrogen and oxygen atoms in total. The van der Waals surface area contributed by atoms with Gasteiger partial charge in [-0.05, 0) is 58.1 Å². The smallest absolute Gasteiger partial charge is 0.233 e. The Morgan fingerprint density at radius 2 is 1.77 bits per heavy atom. The van der Waals surface area contributed by atoms with Crippen molar-refractivity contribution in [2.75, 3.05) is 5.75 Å². The number of piperidine rings is 1. The number of nitrogens with zero attached hydrogens (tertiary/aromatic N) is 4. The molecule has 1 amide bonds. The third kappa shape index (κ3) is 3.52. The molecule has 0 bridgehead atoms. The van der Waals surface area contributed by atoms with E-state index in [9.17, 15) is 4.79 Å². The minimum atomic E-state index is 0.213. The summed E-state index contributed by atoms with van der Waals surface area (Å²) in [6.07, 6.45) is 5.78. The molecule has 26 heavy (non-hydrogen) atoms. The number of rotatable bonds is 5. The topological polar surface area (TPSA) is 51.0 Å². The minimum Gasteiger partial charge on any atom is -0.337 e. The Labute approximate surface area is 159 Å². The third-order valence-electron chi connectivity index (χ3n) is 5.42. The molecule has 138 valence electrons. The molecular weight excluding hydrogens is 344 g/mol. The van der Waals surface area contributed by atoms with Gasteiger partial charge in [0.25, 0.3) is 0 Å². The van der Waals surface area contributed by atoms with E-state index >= 15 is 0 Å². The molecule has 1 saturated heterocycles. The average Bonchev–Trinajstić information content (AvgIpc) is 3.40. The maximum absolute atomic E-state index is 12.8. The molecule has 6 heteroatoms.